The smallest absolute Gasteiger partial charge is 0.161 e. The third-order valence-electron chi connectivity index (χ3n) is 6.49. The minimum absolute atomic E-state index is 0.847. The summed E-state index contributed by atoms with van der Waals surface area (Å²) < 4.78 is 5.41. The number of piperazine rings is 1. The van der Waals surface area contributed by atoms with Crippen molar-refractivity contribution in [2.75, 3.05) is 51.8 Å². The van der Waals surface area contributed by atoms with E-state index in [4.69, 9.17) is 14.7 Å². The van der Waals surface area contributed by atoms with Crippen LogP contribution in [0.15, 0.2) is 54.6 Å². The fourth-order valence-corrected chi connectivity index (χ4v) is 4.61. The van der Waals surface area contributed by atoms with Crippen LogP contribution in [0.2, 0.25) is 0 Å². The molecule has 0 radical (unpaired) electrons. The summed E-state index contributed by atoms with van der Waals surface area (Å²) in [6.45, 7) is 6.91. The Morgan fingerprint density at radius 2 is 1.72 bits per heavy atom. The summed E-state index contributed by atoms with van der Waals surface area (Å²) in [4.78, 5) is 17.5. The van der Waals surface area contributed by atoms with Crippen molar-refractivity contribution in [3.05, 3.63) is 71.4 Å². The van der Waals surface area contributed by atoms with Gasteiger partial charge in [-0.15, -0.1) is 0 Å². The first-order valence-electron chi connectivity index (χ1n) is 11.4. The largest absolute Gasteiger partial charge is 0.497 e. The van der Waals surface area contributed by atoms with Gasteiger partial charge in [-0.2, -0.15) is 0 Å². The van der Waals surface area contributed by atoms with Crippen molar-refractivity contribution in [2.45, 2.75) is 19.5 Å². The van der Waals surface area contributed by atoms with Gasteiger partial charge in [0.25, 0.3) is 0 Å². The number of rotatable bonds is 5. The minimum atomic E-state index is 0.847. The quantitative estimate of drug-likeness (QED) is 0.619. The fourth-order valence-electron chi connectivity index (χ4n) is 4.61. The molecule has 1 fully saturated rings. The first-order valence-corrected chi connectivity index (χ1v) is 11.4. The summed E-state index contributed by atoms with van der Waals surface area (Å²) in [6, 6.07) is 18.7. The van der Waals surface area contributed by atoms with Gasteiger partial charge >= 0.3 is 0 Å². The van der Waals surface area contributed by atoms with E-state index in [0.717, 1.165) is 75.2 Å². The van der Waals surface area contributed by atoms with Gasteiger partial charge in [-0.3, -0.25) is 4.90 Å². The van der Waals surface area contributed by atoms with Crippen LogP contribution in [0, 0.1) is 0 Å². The molecule has 5 rings (SSSR count). The van der Waals surface area contributed by atoms with Crippen molar-refractivity contribution in [3.63, 3.8) is 0 Å². The maximum atomic E-state index is 5.41. The highest BCUT2D eigenvalue weighted by Crippen LogP contribution is 2.31. The summed E-state index contributed by atoms with van der Waals surface area (Å²) in [7, 11) is 3.91. The second kappa shape index (κ2) is 9.27. The van der Waals surface area contributed by atoms with Crippen molar-refractivity contribution >= 4 is 5.82 Å². The summed E-state index contributed by atoms with van der Waals surface area (Å²) in [6.07, 6.45) is 0.947. The molecule has 0 bridgehead atoms. The molecule has 0 amide bonds. The van der Waals surface area contributed by atoms with E-state index in [-0.39, 0.29) is 0 Å². The zero-order valence-corrected chi connectivity index (χ0v) is 19.0. The average Bonchev–Trinajstić information content (AvgIpc) is 2.84. The molecular formula is C26H31N5O. The Labute approximate surface area is 190 Å². The molecular weight excluding hydrogens is 398 g/mol. The molecule has 166 valence electrons. The second-order valence-electron chi connectivity index (χ2n) is 8.76. The lowest BCUT2D eigenvalue weighted by Crippen LogP contribution is -2.46. The highest BCUT2D eigenvalue weighted by atomic mass is 16.5. The van der Waals surface area contributed by atoms with Crippen LogP contribution in [0.4, 0.5) is 5.82 Å². The number of nitrogens with zero attached hydrogens (tertiary/aromatic N) is 5. The monoisotopic (exact) mass is 429 g/mol. The lowest BCUT2D eigenvalue weighted by molar-refractivity contribution is 0.242. The number of likely N-dealkylation sites (N-methyl/N-ethyl adjacent to an activating group) is 1. The van der Waals surface area contributed by atoms with E-state index in [1.165, 1.54) is 16.8 Å². The van der Waals surface area contributed by atoms with Crippen LogP contribution in [0.25, 0.3) is 11.4 Å². The highest BCUT2D eigenvalue weighted by molar-refractivity contribution is 5.61. The van der Waals surface area contributed by atoms with E-state index in [0.29, 0.717) is 0 Å². The fraction of sp³-hybridized carbons (Fsp3) is 0.385. The van der Waals surface area contributed by atoms with Gasteiger partial charge in [0.1, 0.15) is 11.6 Å². The van der Waals surface area contributed by atoms with Crippen LogP contribution in [-0.4, -0.2) is 66.6 Å². The van der Waals surface area contributed by atoms with Gasteiger partial charge in [-0.1, -0.05) is 42.5 Å². The van der Waals surface area contributed by atoms with Crippen LogP contribution in [0.5, 0.6) is 5.75 Å². The minimum Gasteiger partial charge on any atom is -0.497 e. The molecule has 2 aliphatic heterocycles. The maximum absolute atomic E-state index is 5.41. The molecule has 3 heterocycles. The highest BCUT2D eigenvalue weighted by Gasteiger charge is 2.27. The molecule has 2 aliphatic rings. The third kappa shape index (κ3) is 4.47. The molecule has 6 nitrogen and oxygen atoms in total. The average molecular weight is 430 g/mol. The zero-order chi connectivity index (χ0) is 21.9. The van der Waals surface area contributed by atoms with Crippen molar-refractivity contribution in [2.24, 2.45) is 0 Å². The summed E-state index contributed by atoms with van der Waals surface area (Å²) >= 11 is 0. The van der Waals surface area contributed by atoms with Gasteiger partial charge in [0, 0.05) is 63.4 Å². The van der Waals surface area contributed by atoms with E-state index < -0.39 is 0 Å². The van der Waals surface area contributed by atoms with E-state index >= 15 is 0 Å². The Morgan fingerprint density at radius 3 is 2.50 bits per heavy atom. The lowest BCUT2D eigenvalue weighted by atomic mass is 10.0. The molecule has 6 heteroatoms. The molecule has 0 aliphatic carbocycles. The topological polar surface area (TPSA) is 44.7 Å². The van der Waals surface area contributed by atoms with Gasteiger partial charge in [0.05, 0.1) is 12.8 Å². The van der Waals surface area contributed by atoms with Crippen molar-refractivity contribution in [1.29, 1.82) is 0 Å². The number of hydrogen-bond donors (Lipinski definition) is 0. The first-order chi connectivity index (χ1) is 15.7. The standard InChI is InChI=1S/C26H31N5O/c1-29-13-15-31(16-14-29)26-23-19-30(18-20-7-6-10-22(17-20)32-2)12-11-24(23)27-25(28-26)21-8-4-3-5-9-21/h3-10,17H,11-16,18-19H2,1-2H3. The van der Waals surface area contributed by atoms with Gasteiger partial charge in [-0.25, -0.2) is 9.97 Å². The molecule has 1 saturated heterocycles. The number of methoxy groups -OCH3 is 1. The van der Waals surface area contributed by atoms with Crippen molar-refractivity contribution in [1.82, 2.24) is 19.8 Å². The van der Waals surface area contributed by atoms with E-state index in [2.05, 4.69) is 64.2 Å². The van der Waals surface area contributed by atoms with E-state index in [1.807, 2.05) is 12.1 Å². The molecule has 32 heavy (non-hydrogen) atoms. The molecule has 0 unspecified atom stereocenters. The van der Waals surface area contributed by atoms with Crippen LogP contribution >= 0.6 is 0 Å². The van der Waals surface area contributed by atoms with Crippen molar-refractivity contribution in [3.8, 4) is 17.1 Å². The molecule has 0 spiro atoms. The Morgan fingerprint density at radius 1 is 0.906 bits per heavy atom. The maximum Gasteiger partial charge on any atom is 0.161 e. The van der Waals surface area contributed by atoms with Crippen LogP contribution < -0.4 is 9.64 Å². The summed E-state index contributed by atoms with van der Waals surface area (Å²) in [5, 5.41) is 0. The predicted octanol–water partition coefficient (Wildman–Crippen LogP) is 3.46. The van der Waals surface area contributed by atoms with Crippen LogP contribution in [-0.2, 0) is 19.5 Å². The number of anilines is 1. The molecule has 1 aromatic heterocycles. The van der Waals surface area contributed by atoms with Crippen LogP contribution in [0.3, 0.4) is 0 Å². The number of ether oxygens (including phenoxy) is 1. The molecule has 0 N–H and O–H groups in total. The third-order valence-corrected chi connectivity index (χ3v) is 6.49. The SMILES string of the molecule is COc1cccc(CN2CCc3nc(-c4ccccc4)nc(N4CCN(C)CC4)c3C2)c1. The molecule has 2 aromatic carbocycles. The van der Waals surface area contributed by atoms with Crippen molar-refractivity contribution < 1.29 is 4.74 Å². The van der Waals surface area contributed by atoms with Crippen LogP contribution in [0.1, 0.15) is 16.8 Å². The Bertz CT molecular complexity index is 1060. The van der Waals surface area contributed by atoms with Gasteiger partial charge < -0.3 is 14.5 Å². The molecule has 3 aromatic rings. The summed E-state index contributed by atoms with van der Waals surface area (Å²) in [5.74, 6) is 2.88. The Balaban J connectivity index is 1.46. The second-order valence-corrected chi connectivity index (χ2v) is 8.76. The van der Waals surface area contributed by atoms with Gasteiger partial charge in [0.15, 0.2) is 5.82 Å². The normalized spacial score (nSPS) is 17.2. The number of hydrogen-bond acceptors (Lipinski definition) is 6. The zero-order valence-electron chi connectivity index (χ0n) is 19.0. The first kappa shape index (κ1) is 20.9. The van der Waals surface area contributed by atoms with Gasteiger partial charge in [0.2, 0.25) is 0 Å². The predicted molar refractivity (Wildman–Crippen MR) is 128 cm³/mol. The number of aromatic nitrogens is 2. The molecule has 0 atom stereocenters. The van der Waals surface area contributed by atoms with E-state index in [1.54, 1.807) is 7.11 Å². The number of benzene rings is 2. The van der Waals surface area contributed by atoms with E-state index in [9.17, 15) is 0 Å². The number of fused-ring (bicyclic) bond motifs is 1. The van der Waals surface area contributed by atoms with Gasteiger partial charge in [-0.05, 0) is 24.7 Å². The summed E-state index contributed by atoms with van der Waals surface area (Å²) in [5.41, 5.74) is 4.86. The molecule has 0 saturated carbocycles. The Kier molecular flexibility index (Phi) is 6.06. The lowest BCUT2D eigenvalue weighted by Gasteiger charge is -2.37. The Hall–Kier alpha value is -2.96.